The molecule has 3 rings (SSSR count). The summed E-state index contributed by atoms with van der Waals surface area (Å²) in [7, 11) is 0. The lowest BCUT2D eigenvalue weighted by molar-refractivity contribution is 0.310. The molecule has 0 saturated heterocycles. The molecule has 5 nitrogen and oxygen atoms in total. The number of H-pyrrole nitrogens is 1. The number of benzene rings is 1. The largest absolute Gasteiger partial charge is 0.488 e. The standard InChI is InChI=1S/C16H18N4OS2/c1-2-15-18-19-16(22)20(15)17-10-12-5-7-13(8-6-12)21-11-14-4-3-9-23-14/h3-9,17H,2,10-11H2,1H3,(H,19,22). The van der Waals surface area contributed by atoms with Gasteiger partial charge in [0.2, 0.25) is 4.77 Å². The molecule has 0 amide bonds. The molecule has 2 N–H and O–H groups in total. The van der Waals surface area contributed by atoms with Crippen molar-refractivity contribution in [3.63, 3.8) is 0 Å². The summed E-state index contributed by atoms with van der Waals surface area (Å²) >= 11 is 6.91. The molecule has 3 aromatic rings. The number of nitrogens with one attached hydrogen (secondary N) is 2. The van der Waals surface area contributed by atoms with E-state index >= 15 is 0 Å². The van der Waals surface area contributed by atoms with E-state index in [-0.39, 0.29) is 0 Å². The normalized spacial score (nSPS) is 10.7. The van der Waals surface area contributed by atoms with E-state index in [9.17, 15) is 0 Å². The highest BCUT2D eigenvalue weighted by molar-refractivity contribution is 7.71. The van der Waals surface area contributed by atoms with Crippen molar-refractivity contribution in [1.82, 2.24) is 14.9 Å². The predicted octanol–water partition coefficient (Wildman–Crippen LogP) is 3.89. The molecular weight excluding hydrogens is 328 g/mol. The Labute approximate surface area is 143 Å². The second-order valence-electron chi connectivity index (χ2n) is 4.98. The van der Waals surface area contributed by atoms with Crippen LogP contribution in [-0.4, -0.2) is 14.9 Å². The first-order valence-corrected chi connectivity index (χ1v) is 8.69. The maximum Gasteiger partial charge on any atom is 0.214 e. The van der Waals surface area contributed by atoms with Gasteiger partial charge >= 0.3 is 0 Å². The van der Waals surface area contributed by atoms with Crippen molar-refractivity contribution in [3.05, 3.63) is 62.8 Å². The van der Waals surface area contributed by atoms with E-state index in [4.69, 9.17) is 17.0 Å². The first-order chi connectivity index (χ1) is 11.3. The first-order valence-electron chi connectivity index (χ1n) is 7.40. The molecule has 0 aliphatic heterocycles. The van der Waals surface area contributed by atoms with Gasteiger partial charge in [0.05, 0.1) is 6.54 Å². The lowest BCUT2D eigenvalue weighted by Crippen LogP contribution is -2.17. The third-order valence-electron chi connectivity index (χ3n) is 3.38. The summed E-state index contributed by atoms with van der Waals surface area (Å²) in [5, 5.41) is 9.03. The average Bonchev–Trinajstić information content (AvgIpc) is 3.21. The van der Waals surface area contributed by atoms with Gasteiger partial charge in [-0.05, 0) is 41.4 Å². The zero-order valence-electron chi connectivity index (χ0n) is 12.8. The van der Waals surface area contributed by atoms with E-state index in [1.807, 2.05) is 41.9 Å². The van der Waals surface area contributed by atoms with Crippen LogP contribution in [0.2, 0.25) is 0 Å². The van der Waals surface area contributed by atoms with Gasteiger partial charge in [-0.1, -0.05) is 25.1 Å². The van der Waals surface area contributed by atoms with Crippen LogP contribution in [0.3, 0.4) is 0 Å². The zero-order chi connectivity index (χ0) is 16.1. The van der Waals surface area contributed by atoms with Gasteiger partial charge in [-0.25, -0.2) is 4.68 Å². The van der Waals surface area contributed by atoms with Gasteiger partial charge in [0.15, 0.2) is 5.82 Å². The molecule has 0 radical (unpaired) electrons. The van der Waals surface area contributed by atoms with Crippen LogP contribution in [0.25, 0.3) is 0 Å². The monoisotopic (exact) mass is 346 g/mol. The molecule has 0 aliphatic rings. The molecule has 0 aliphatic carbocycles. The lowest BCUT2D eigenvalue weighted by Gasteiger charge is -2.10. The van der Waals surface area contributed by atoms with Crippen LogP contribution in [0.5, 0.6) is 5.75 Å². The molecule has 0 saturated carbocycles. The number of rotatable bonds is 7. The summed E-state index contributed by atoms with van der Waals surface area (Å²) in [5.74, 6) is 1.77. The predicted molar refractivity (Wildman–Crippen MR) is 94.9 cm³/mol. The molecule has 2 aromatic heterocycles. The molecular formula is C16H18N4OS2. The lowest BCUT2D eigenvalue weighted by atomic mass is 10.2. The molecule has 0 unspecified atom stereocenters. The van der Waals surface area contributed by atoms with Gasteiger partial charge < -0.3 is 10.2 Å². The van der Waals surface area contributed by atoms with Crippen molar-refractivity contribution in [2.24, 2.45) is 0 Å². The molecule has 120 valence electrons. The van der Waals surface area contributed by atoms with Gasteiger partial charge in [-0.15, -0.1) is 11.3 Å². The number of aromatic nitrogens is 3. The second-order valence-corrected chi connectivity index (χ2v) is 6.40. The highest BCUT2D eigenvalue weighted by atomic mass is 32.1. The van der Waals surface area contributed by atoms with Gasteiger partial charge in [0, 0.05) is 11.3 Å². The smallest absolute Gasteiger partial charge is 0.214 e. The second kappa shape index (κ2) is 7.43. The molecule has 0 fully saturated rings. The highest BCUT2D eigenvalue weighted by Gasteiger charge is 2.03. The number of aromatic amines is 1. The highest BCUT2D eigenvalue weighted by Crippen LogP contribution is 2.16. The van der Waals surface area contributed by atoms with Crippen LogP contribution in [0, 0.1) is 4.77 Å². The number of nitrogens with zero attached hydrogens (tertiary/aromatic N) is 2. The number of ether oxygens (including phenoxy) is 1. The van der Waals surface area contributed by atoms with Crippen molar-refractivity contribution in [1.29, 1.82) is 0 Å². The maximum absolute atomic E-state index is 5.76. The van der Waals surface area contributed by atoms with Crippen molar-refractivity contribution >= 4 is 23.6 Å². The van der Waals surface area contributed by atoms with Gasteiger partial charge in [-0.3, -0.25) is 5.10 Å². The molecule has 0 spiro atoms. The Morgan fingerprint density at radius 1 is 1.30 bits per heavy atom. The third kappa shape index (κ3) is 4.00. The summed E-state index contributed by atoms with van der Waals surface area (Å²) in [6.07, 6.45) is 0.815. The van der Waals surface area contributed by atoms with Crippen LogP contribution in [0.4, 0.5) is 0 Å². The van der Waals surface area contributed by atoms with E-state index in [0.717, 1.165) is 23.6 Å². The topological polar surface area (TPSA) is 54.9 Å². The average molecular weight is 346 g/mol. The van der Waals surface area contributed by atoms with Gasteiger partial charge in [-0.2, -0.15) is 5.10 Å². The van der Waals surface area contributed by atoms with E-state index < -0.39 is 0 Å². The summed E-state index contributed by atoms with van der Waals surface area (Å²) < 4.78 is 8.16. The SMILES string of the molecule is CCc1n[nH]c(=S)n1NCc1ccc(OCc2cccs2)cc1. The van der Waals surface area contributed by atoms with Crippen molar-refractivity contribution < 1.29 is 4.74 Å². The number of aryl methyl sites for hydroxylation is 1. The number of hydrogen-bond donors (Lipinski definition) is 2. The van der Waals surface area contributed by atoms with Crippen molar-refractivity contribution in [3.8, 4) is 5.75 Å². The molecule has 1 aromatic carbocycles. The number of thiophene rings is 1. The van der Waals surface area contributed by atoms with Crippen LogP contribution < -0.4 is 10.2 Å². The minimum atomic E-state index is 0.581. The van der Waals surface area contributed by atoms with E-state index in [1.54, 1.807) is 11.3 Å². The Balaban J connectivity index is 1.57. The minimum Gasteiger partial charge on any atom is -0.488 e. The molecule has 7 heteroatoms. The van der Waals surface area contributed by atoms with Crippen molar-refractivity contribution in [2.75, 3.05) is 5.43 Å². The quantitative estimate of drug-likeness (QED) is 0.637. The minimum absolute atomic E-state index is 0.581. The first kappa shape index (κ1) is 15.8. The van der Waals surface area contributed by atoms with Crippen LogP contribution in [-0.2, 0) is 19.6 Å². The maximum atomic E-state index is 5.76. The Bertz CT molecular complexity index is 790. The Morgan fingerprint density at radius 2 is 2.13 bits per heavy atom. The van der Waals surface area contributed by atoms with Crippen LogP contribution in [0.15, 0.2) is 41.8 Å². The van der Waals surface area contributed by atoms with Crippen LogP contribution >= 0.6 is 23.6 Å². The Kier molecular flexibility index (Phi) is 5.09. The fourth-order valence-electron chi connectivity index (χ4n) is 2.15. The van der Waals surface area contributed by atoms with Crippen molar-refractivity contribution in [2.45, 2.75) is 26.5 Å². The van der Waals surface area contributed by atoms with E-state index in [1.165, 1.54) is 4.88 Å². The molecule has 2 heterocycles. The number of hydrogen-bond acceptors (Lipinski definition) is 5. The molecule has 23 heavy (non-hydrogen) atoms. The summed E-state index contributed by atoms with van der Waals surface area (Å²) in [5.41, 5.74) is 4.43. The Morgan fingerprint density at radius 3 is 2.83 bits per heavy atom. The third-order valence-corrected chi connectivity index (χ3v) is 4.51. The van der Waals surface area contributed by atoms with E-state index in [0.29, 0.717) is 17.9 Å². The van der Waals surface area contributed by atoms with Crippen LogP contribution in [0.1, 0.15) is 23.2 Å². The fourth-order valence-corrected chi connectivity index (χ4v) is 2.98. The zero-order valence-corrected chi connectivity index (χ0v) is 14.4. The molecule has 0 atom stereocenters. The summed E-state index contributed by atoms with van der Waals surface area (Å²) in [6, 6.07) is 12.2. The van der Waals surface area contributed by atoms with Gasteiger partial charge in [0.1, 0.15) is 12.4 Å². The van der Waals surface area contributed by atoms with Gasteiger partial charge in [0.25, 0.3) is 0 Å². The summed E-state index contributed by atoms with van der Waals surface area (Å²) in [4.78, 5) is 1.22. The summed E-state index contributed by atoms with van der Waals surface area (Å²) in [6.45, 7) is 3.33. The molecule has 0 bridgehead atoms. The fraction of sp³-hybridized carbons (Fsp3) is 0.250. The Hall–Kier alpha value is -2.12. The van der Waals surface area contributed by atoms with E-state index in [2.05, 4.69) is 27.1 Å².